The molecule has 0 radical (unpaired) electrons. The van der Waals surface area contributed by atoms with Crippen LogP contribution in [-0.4, -0.2) is 24.5 Å². The molecule has 0 N–H and O–H groups in total. The summed E-state index contributed by atoms with van der Waals surface area (Å²) in [5.41, 5.74) is 1.09. The number of ether oxygens (including phenoxy) is 1. The zero-order valence-electron chi connectivity index (χ0n) is 14.5. The van der Waals surface area contributed by atoms with Crippen LogP contribution >= 0.6 is 0 Å². The maximum atomic E-state index is 12.9. The molecule has 0 aliphatic heterocycles. The van der Waals surface area contributed by atoms with Crippen molar-refractivity contribution in [2.24, 2.45) is 0 Å². The van der Waals surface area contributed by atoms with Crippen LogP contribution in [-0.2, 0) is 6.54 Å². The van der Waals surface area contributed by atoms with Gasteiger partial charge in [0.2, 0.25) is 0 Å². The third-order valence-electron chi connectivity index (χ3n) is 4.01. The summed E-state index contributed by atoms with van der Waals surface area (Å²) in [6.45, 7) is 4.41. The van der Waals surface area contributed by atoms with Gasteiger partial charge in [0.1, 0.15) is 11.3 Å². The van der Waals surface area contributed by atoms with Gasteiger partial charge in [-0.25, -0.2) is 0 Å². The lowest BCUT2D eigenvalue weighted by Crippen LogP contribution is -2.31. The molecule has 0 fully saturated rings. The van der Waals surface area contributed by atoms with E-state index in [0.29, 0.717) is 24.1 Å². The van der Waals surface area contributed by atoms with Crippen LogP contribution in [0, 0.1) is 0 Å². The summed E-state index contributed by atoms with van der Waals surface area (Å²) >= 11 is 0. The van der Waals surface area contributed by atoms with E-state index in [1.165, 1.54) is 6.07 Å². The lowest BCUT2D eigenvalue weighted by atomic mass is 10.2. The highest BCUT2D eigenvalue weighted by Gasteiger charge is 2.19. The largest absolute Gasteiger partial charge is 0.497 e. The van der Waals surface area contributed by atoms with Crippen molar-refractivity contribution in [3.05, 3.63) is 88.8 Å². The molecular formula is C21H19NO4. The minimum Gasteiger partial charge on any atom is -0.497 e. The van der Waals surface area contributed by atoms with Crippen LogP contribution < -0.4 is 10.2 Å². The molecule has 0 aliphatic rings. The summed E-state index contributed by atoms with van der Waals surface area (Å²) in [7, 11) is 1.60. The van der Waals surface area contributed by atoms with Gasteiger partial charge < -0.3 is 14.1 Å². The second-order valence-corrected chi connectivity index (χ2v) is 5.79. The van der Waals surface area contributed by atoms with Gasteiger partial charge in [-0.15, -0.1) is 6.58 Å². The van der Waals surface area contributed by atoms with E-state index in [1.807, 2.05) is 24.3 Å². The van der Waals surface area contributed by atoms with Crippen LogP contribution in [0.3, 0.4) is 0 Å². The van der Waals surface area contributed by atoms with Gasteiger partial charge in [-0.3, -0.25) is 9.59 Å². The van der Waals surface area contributed by atoms with E-state index >= 15 is 0 Å². The van der Waals surface area contributed by atoms with Gasteiger partial charge in [-0.2, -0.15) is 0 Å². The molecule has 132 valence electrons. The Morgan fingerprint density at radius 2 is 1.92 bits per heavy atom. The number of para-hydroxylation sites is 1. The summed E-state index contributed by atoms with van der Waals surface area (Å²) in [6, 6.07) is 15.6. The molecule has 0 atom stereocenters. The Kier molecular flexibility index (Phi) is 5.17. The highest BCUT2D eigenvalue weighted by Crippen LogP contribution is 2.17. The Morgan fingerprint density at radius 3 is 2.62 bits per heavy atom. The van der Waals surface area contributed by atoms with Gasteiger partial charge in [0.25, 0.3) is 5.91 Å². The number of hydrogen-bond acceptors (Lipinski definition) is 4. The van der Waals surface area contributed by atoms with E-state index in [4.69, 9.17) is 9.15 Å². The van der Waals surface area contributed by atoms with Crippen LogP contribution in [0.15, 0.2) is 76.5 Å². The van der Waals surface area contributed by atoms with E-state index in [9.17, 15) is 9.59 Å². The Labute approximate surface area is 151 Å². The van der Waals surface area contributed by atoms with Gasteiger partial charge >= 0.3 is 0 Å². The van der Waals surface area contributed by atoms with Crippen LogP contribution in [0.4, 0.5) is 0 Å². The summed E-state index contributed by atoms with van der Waals surface area (Å²) in [6.07, 6.45) is 1.64. The average Bonchev–Trinajstić information content (AvgIpc) is 2.67. The zero-order chi connectivity index (χ0) is 18.5. The maximum Gasteiger partial charge on any atom is 0.290 e. The quantitative estimate of drug-likeness (QED) is 0.638. The molecule has 26 heavy (non-hydrogen) atoms. The number of carbonyl (C=O) groups is 1. The Balaban J connectivity index is 1.90. The van der Waals surface area contributed by atoms with Crippen LogP contribution in [0.1, 0.15) is 16.1 Å². The molecule has 1 heterocycles. The zero-order valence-corrected chi connectivity index (χ0v) is 14.5. The minimum atomic E-state index is -0.358. The smallest absolute Gasteiger partial charge is 0.290 e. The lowest BCUT2D eigenvalue weighted by molar-refractivity contribution is 0.0731. The van der Waals surface area contributed by atoms with Gasteiger partial charge in [0, 0.05) is 19.2 Å². The SMILES string of the molecule is C=CCN(Cc1ccc(OC)cc1)C(=O)c1cc(=O)c2ccccc2o1. The normalized spacial score (nSPS) is 10.5. The van der Waals surface area contributed by atoms with E-state index in [2.05, 4.69) is 6.58 Å². The van der Waals surface area contributed by atoms with Crippen LogP contribution in [0.2, 0.25) is 0 Å². The molecule has 3 aromatic rings. The number of methoxy groups -OCH3 is 1. The molecule has 2 aromatic carbocycles. The first-order valence-corrected chi connectivity index (χ1v) is 8.18. The van der Waals surface area contributed by atoms with Crippen molar-refractivity contribution >= 4 is 16.9 Å². The average molecular weight is 349 g/mol. The summed E-state index contributed by atoms with van der Waals surface area (Å²) < 4.78 is 10.8. The first kappa shape index (κ1) is 17.5. The Morgan fingerprint density at radius 1 is 1.19 bits per heavy atom. The van der Waals surface area contributed by atoms with Crippen molar-refractivity contribution in [2.75, 3.05) is 13.7 Å². The van der Waals surface area contributed by atoms with Gasteiger partial charge in [0.05, 0.1) is 12.5 Å². The topological polar surface area (TPSA) is 59.8 Å². The number of benzene rings is 2. The molecule has 1 amide bonds. The number of hydrogen-bond donors (Lipinski definition) is 0. The van der Waals surface area contributed by atoms with Crippen molar-refractivity contribution in [2.45, 2.75) is 6.54 Å². The van der Waals surface area contributed by atoms with E-state index in [1.54, 1.807) is 42.4 Å². The van der Waals surface area contributed by atoms with Crippen molar-refractivity contribution in [1.82, 2.24) is 4.90 Å². The van der Waals surface area contributed by atoms with Crippen molar-refractivity contribution < 1.29 is 13.9 Å². The van der Waals surface area contributed by atoms with Crippen molar-refractivity contribution in [3.8, 4) is 5.75 Å². The van der Waals surface area contributed by atoms with Gasteiger partial charge in [0.15, 0.2) is 11.2 Å². The van der Waals surface area contributed by atoms with Gasteiger partial charge in [-0.05, 0) is 29.8 Å². The van der Waals surface area contributed by atoms with Crippen LogP contribution in [0.5, 0.6) is 5.75 Å². The molecule has 3 rings (SSSR count). The molecule has 0 aliphatic carbocycles. The monoisotopic (exact) mass is 349 g/mol. The van der Waals surface area contributed by atoms with E-state index in [0.717, 1.165) is 11.3 Å². The number of amides is 1. The molecule has 5 heteroatoms. The third-order valence-corrected chi connectivity index (χ3v) is 4.01. The molecule has 1 aromatic heterocycles. The van der Waals surface area contributed by atoms with E-state index in [-0.39, 0.29) is 17.1 Å². The van der Waals surface area contributed by atoms with Gasteiger partial charge in [-0.1, -0.05) is 30.3 Å². The summed E-state index contributed by atoms with van der Waals surface area (Å²) in [5, 5.41) is 0.453. The molecular weight excluding hydrogens is 330 g/mol. The molecule has 0 saturated heterocycles. The summed E-state index contributed by atoms with van der Waals surface area (Å²) in [5.74, 6) is 0.406. The second kappa shape index (κ2) is 7.70. The molecule has 0 saturated carbocycles. The predicted octanol–water partition coefficient (Wildman–Crippen LogP) is 3.63. The number of rotatable bonds is 6. The van der Waals surface area contributed by atoms with E-state index < -0.39 is 0 Å². The highest BCUT2D eigenvalue weighted by molar-refractivity contribution is 5.93. The fourth-order valence-electron chi connectivity index (χ4n) is 2.69. The summed E-state index contributed by atoms with van der Waals surface area (Å²) in [4.78, 5) is 26.7. The minimum absolute atomic E-state index is 0.0176. The Bertz CT molecular complexity index is 989. The second-order valence-electron chi connectivity index (χ2n) is 5.79. The number of nitrogens with zero attached hydrogens (tertiary/aromatic N) is 1. The lowest BCUT2D eigenvalue weighted by Gasteiger charge is -2.20. The number of fused-ring (bicyclic) bond motifs is 1. The predicted molar refractivity (Wildman–Crippen MR) is 100 cm³/mol. The first-order valence-electron chi connectivity index (χ1n) is 8.18. The molecule has 0 spiro atoms. The molecule has 0 unspecified atom stereocenters. The Hall–Kier alpha value is -3.34. The van der Waals surface area contributed by atoms with Crippen molar-refractivity contribution in [1.29, 1.82) is 0 Å². The number of carbonyl (C=O) groups excluding carboxylic acids is 1. The fourth-order valence-corrected chi connectivity index (χ4v) is 2.69. The maximum absolute atomic E-state index is 12.9. The first-order chi connectivity index (χ1) is 12.6. The molecule has 5 nitrogen and oxygen atoms in total. The van der Waals surface area contributed by atoms with Crippen molar-refractivity contribution in [3.63, 3.8) is 0 Å². The molecule has 0 bridgehead atoms. The van der Waals surface area contributed by atoms with Crippen LogP contribution in [0.25, 0.3) is 11.0 Å². The third kappa shape index (κ3) is 3.67. The standard InChI is InChI=1S/C21H19NO4/c1-3-12-22(14-15-8-10-16(25-2)11-9-15)21(24)20-13-18(23)17-6-4-5-7-19(17)26-20/h3-11,13H,1,12,14H2,2H3. The fraction of sp³-hybridized carbons (Fsp3) is 0.143. The highest BCUT2D eigenvalue weighted by atomic mass is 16.5.